The first-order chi connectivity index (χ1) is 13.1. The van der Waals surface area contributed by atoms with Gasteiger partial charge in [-0.3, -0.25) is 8.98 Å². The first-order valence-corrected chi connectivity index (χ1v) is 11.0. The molecular formula is C20H30O7S. The minimum Gasteiger partial charge on any atom is -0.387 e. The number of benzene rings is 1. The van der Waals surface area contributed by atoms with Gasteiger partial charge in [0.1, 0.15) is 12.4 Å². The molecule has 1 saturated heterocycles. The third-order valence-corrected chi connectivity index (χ3v) is 6.37. The molecule has 1 heterocycles. The molecule has 1 aliphatic heterocycles. The summed E-state index contributed by atoms with van der Waals surface area (Å²) in [5, 5.41) is 10.9. The second-order valence-electron chi connectivity index (χ2n) is 7.56. The number of carbonyl (C=O) groups is 1. The van der Waals surface area contributed by atoms with E-state index >= 15 is 0 Å². The van der Waals surface area contributed by atoms with Crippen LogP contribution in [0.25, 0.3) is 0 Å². The number of hydrogen-bond donors (Lipinski definition) is 1. The molecule has 1 aromatic rings. The monoisotopic (exact) mass is 414 g/mol. The van der Waals surface area contributed by atoms with Crippen molar-refractivity contribution in [1.29, 1.82) is 0 Å². The molecule has 0 aliphatic carbocycles. The predicted octanol–water partition coefficient (Wildman–Crippen LogP) is 3.06. The zero-order valence-corrected chi connectivity index (χ0v) is 17.5. The molecule has 1 aliphatic rings. The van der Waals surface area contributed by atoms with Crippen molar-refractivity contribution in [3.05, 3.63) is 29.8 Å². The molecule has 0 saturated carbocycles. The number of carbonyl (C=O) groups excluding carboxylic acids is 1. The summed E-state index contributed by atoms with van der Waals surface area (Å²) < 4.78 is 42.2. The Morgan fingerprint density at radius 2 is 1.89 bits per heavy atom. The van der Waals surface area contributed by atoms with E-state index < -0.39 is 27.6 Å². The Bertz CT molecular complexity index is 734. The lowest BCUT2D eigenvalue weighted by Crippen LogP contribution is -2.43. The van der Waals surface area contributed by atoms with E-state index in [2.05, 4.69) is 0 Å². The van der Waals surface area contributed by atoms with Crippen LogP contribution in [0.4, 0.5) is 0 Å². The van der Waals surface area contributed by atoms with E-state index in [4.69, 9.17) is 13.7 Å². The van der Waals surface area contributed by atoms with E-state index in [1.54, 1.807) is 13.8 Å². The van der Waals surface area contributed by atoms with E-state index in [-0.39, 0.29) is 11.3 Å². The maximum Gasteiger partial charge on any atom is 0.297 e. The molecule has 1 fully saturated rings. The highest BCUT2D eigenvalue weighted by Gasteiger charge is 2.39. The van der Waals surface area contributed by atoms with Gasteiger partial charge in [0.25, 0.3) is 10.1 Å². The van der Waals surface area contributed by atoms with Crippen LogP contribution in [0.15, 0.2) is 29.2 Å². The molecule has 0 bridgehead atoms. The Kier molecular flexibility index (Phi) is 7.75. The standard InChI is InChI=1S/C20H30O7S/c1-4-5-11-19(2,22)18(10-12-20(3)25-13-14-26-20)27-28(23,24)17-8-6-16(15-21)7-9-17/h6-9,15,18,22H,4-5,10-14H2,1-3H3. The fourth-order valence-corrected chi connectivity index (χ4v) is 4.36. The number of hydrogen-bond acceptors (Lipinski definition) is 7. The summed E-state index contributed by atoms with van der Waals surface area (Å²) in [6.07, 6.45) is 2.33. The lowest BCUT2D eigenvalue weighted by atomic mass is 9.89. The van der Waals surface area contributed by atoms with Gasteiger partial charge in [-0.2, -0.15) is 8.42 Å². The van der Waals surface area contributed by atoms with Crippen LogP contribution in [0.5, 0.6) is 0 Å². The molecule has 0 radical (unpaired) electrons. The number of rotatable bonds is 11. The number of aldehydes is 1. The zero-order valence-electron chi connectivity index (χ0n) is 16.7. The zero-order chi connectivity index (χ0) is 20.8. The molecule has 0 aromatic heterocycles. The normalized spacial score (nSPS) is 19.9. The van der Waals surface area contributed by atoms with Gasteiger partial charge in [0.2, 0.25) is 0 Å². The van der Waals surface area contributed by atoms with Crippen molar-refractivity contribution in [2.75, 3.05) is 13.2 Å². The van der Waals surface area contributed by atoms with Crippen molar-refractivity contribution in [1.82, 2.24) is 0 Å². The Morgan fingerprint density at radius 1 is 1.29 bits per heavy atom. The third-order valence-electron chi connectivity index (χ3n) is 5.04. The molecule has 158 valence electrons. The van der Waals surface area contributed by atoms with Crippen LogP contribution in [-0.4, -0.2) is 50.5 Å². The molecule has 2 rings (SSSR count). The predicted molar refractivity (Wildman–Crippen MR) is 104 cm³/mol. The van der Waals surface area contributed by atoms with Crippen LogP contribution in [0.3, 0.4) is 0 Å². The number of ether oxygens (including phenoxy) is 2. The lowest BCUT2D eigenvalue weighted by Gasteiger charge is -2.34. The average molecular weight is 415 g/mol. The molecule has 0 spiro atoms. The van der Waals surface area contributed by atoms with Crippen LogP contribution < -0.4 is 0 Å². The minimum atomic E-state index is -4.12. The Labute approximate surface area is 167 Å². The summed E-state index contributed by atoms with van der Waals surface area (Å²) in [5.74, 6) is -0.808. The van der Waals surface area contributed by atoms with Gasteiger partial charge in [0, 0.05) is 12.0 Å². The Hall–Kier alpha value is -1.32. The van der Waals surface area contributed by atoms with Gasteiger partial charge in [-0.05, 0) is 38.8 Å². The largest absolute Gasteiger partial charge is 0.387 e. The molecule has 7 nitrogen and oxygen atoms in total. The fourth-order valence-electron chi connectivity index (χ4n) is 3.17. The molecule has 28 heavy (non-hydrogen) atoms. The van der Waals surface area contributed by atoms with E-state index in [9.17, 15) is 18.3 Å². The van der Waals surface area contributed by atoms with E-state index in [0.717, 1.165) is 12.8 Å². The second-order valence-corrected chi connectivity index (χ2v) is 9.13. The topological polar surface area (TPSA) is 99.1 Å². The molecule has 1 aromatic carbocycles. The molecule has 8 heteroatoms. The Morgan fingerprint density at radius 3 is 2.43 bits per heavy atom. The van der Waals surface area contributed by atoms with E-state index in [0.29, 0.717) is 37.9 Å². The van der Waals surface area contributed by atoms with Gasteiger partial charge >= 0.3 is 0 Å². The SMILES string of the molecule is CCCCC(C)(O)C(CCC1(C)OCCO1)OS(=O)(=O)c1ccc(C=O)cc1. The van der Waals surface area contributed by atoms with E-state index in [1.807, 2.05) is 6.92 Å². The Balaban J connectivity index is 2.19. The van der Waals surface area contributed by atoms with Crippen molar-refractivity contribution < 1.29 is 32.0 Å². The second kappa shape index (κ2) is 9.45. The lowest BCUT2D eigenvalue weighted by molar-refractivity contribution is -0.156. The number of aliphatic hydroxyl groups is 1. The minimum absolute atomic E-state index is 0.0611. The molecule has 0 amide bonds. The van der Waals surface area contributed by atoms with Crippen molar-refractivity contribution in [2.45, 2.75) is 75.3 Å². The summed E-state index contributed by atoms with van der Waals surface area (Å²) in [7, 11) is -4.12. The van der Waals surface area contributed by atoms with Crippen molar-refractivity contribution in [3.8, 4) is 0 Å². The highest BCUT2D eigenvalue weighted by molar-refractivity contribution is 7.86. The first kappa shape index (κ1) is 23.0. The van der Waals surface area contributed by atoms with Gasteiger partial charge in [-0.1, -0.05) is 31.9 Å². The molecule has 2 unspecified atom stereocenters. The van der Waals surface area contributed by atoms with Crippen LogP contribution in [-0.2, 0) is 23.8 Å². The van der Waals surface area contributed by atoms with Gasteiger partial charge in [-0.25, -0.2) is 0 Å². The summed E-state index contributed by atoms with van der Waals surface area (Å²) in [6.45, 7) is 6.35. The van der Waals surface area contributed by atoms with Crippen LogP contribution in [0.2, 0.25) is 0 Å². The van der Waals surface area contributed by atoms with Crippen molar-refractivity contribution in [2.24, 2.45) is 0 Å². The summed E-state index contributed by atoms with van der Waals surface area (Å²) >= 11 is 0. The molecular weight excluding hydrogens is 384 g/mol. The summed E-state index contributed by atoms with van der Waals surface area (Å²) in [6, 6.07) is 5.46. The van der Waals surface area contributed by atoms with E-state index in [1.165, 1.54) is 24.3 Å². The third kappa shape index (κ3) is 6.09. The van der Waals surface area contributed by atoms with Crippen molar-refractivity contribution in [3.63, 3.8) is 0 Å². The smallest absolute Gasteiger partial charge is 0.297 e. The van der Waals surface area contributed by atoms with Gasteiger partial charge in [0.15, 0.2) is 5.79 Å². The first-order valence-electron chi connectivity index (χ1n) is 9.61. The summed E-state index contributed by atoms with van der Waals surface area (Å²) in [5.41, 5.74) is -0.963. The fraction of sp³-hybridized carbons (Fsp3) is 0.650. The van der Waals surface area contributed by atoms with Crippen LogP contribution >= 0.6 is 0 Å². The summed E-state index contributed by atoms with van der Waals surface area (Å²) in [4.78, 5) is 10.7. The highest BCUT2D eigenvalue weighted by atomic mass is 32.2. The maximum absolute atomic E-state index is 12.8. The maximum atomic E-state index is 12.8. The van der Waals surface area contributed by atoms with Crippen LogP contribution in [0, 0.1) is 0 Å². The average Bonchev–Trinajstić information content (AvgIpc) is 3.10. The van der Waals surface area contributed by atoms with Gasteiger partial charge in [-0.15, -0.1) is 0 Å². The molecule has 2 atom stereocenters. The number of unbranched alkanes of at least 4 members (excludes halogenated alkanes) is 1. The van der Waals surface area contributed by atoms with Gasteiger partial charge in [0.05, 0.1) is 23.7 Å². The van der Waals surface area contributed by atoms with Crippen LogP contribution in [0.1, 0.15) is 63.2 Å². The van der Waals surface area contributed by atoms with Crippen molar-refractivity contribution >= 4 is 16.4 Å². The molecule has 1 N–H and O–H groups in total. The highest BCUT2D eigenvalue weighted by Crippen LogP contribution is 2.32. The quantitative estimate of drug-likeness (QED) is 0.439. The van der Waals surface area contributed by atoms with Gasteiger partial charge < -0.3 is 14.6 Å².